The molecule has 0 aliphatic heterocycles. The molecule has 0 saturated carbocycles. The van der Waals surface area contributed by atoms with E-state index in [1.165, 1.54) is 10.4 Å². The molecule has 4 rings (SSSR count). The van der Waals surface area contributed by atoms with Crippen LogP contribution in [0.3, 0.4) is 0 Å². The van der Waals surface area contributed by atoms with Gasteiger partial charge in [-0.2, -0.15) is 0 Å². The standard InChI is InChI=1S/C31H39N3O2S/c1-20-11-14-25(21(2)17-20)33-29(36)28-24-13-12-23(31(3,4)5)18-26(24)37-30(28)34-27(35)19-32-16-15-22-9-7-6-8-10-22/h6-11,14,17,23,32H,12-13,15-16,18-19H2,1-5H3,(H,33,36)(H,34,35). The highest BCUT2D eigenvalue weighted by molar-refractivity contribution is 7.17. The van der Waals surface area contributed by atoms with Crippen LogP contribution in [0.4, 0.5) is 10.7 Å². The van der Waals surface area contributed by atoms with Crippen LogP contribution < -0.4 is 16.0 Å². The molecule has 3 N–H and O–H groups in total. The van der Waals surface area contributed by atoms with Gasteiger partial charge in [-0.25, -0.2) is 0 Å². The second-order valence-corrected chi connectivity index (χ2v) is 12.4. The van der Waals surface area contributed by atoms with Gasteiger partial charge in [0.1, 0.15) is 5.00 Å². The minimum atomic E-state index is -0.147. The van der Waals surface area contributed by atoms with Gasteiger partial charge in [0, 0.05) is 10.6 Å². The van der Waals surface area contributed by atoms with Crippen LogP contribution in [0.5, 0.6) is 0 Å². The van der Waals surface area contributed by atoms with E-state index in [1.54, 1.807) is 11.3 Å². The van der Waals surface area contributed by atoms with Gasteiger partial charge < -0.3 is 16.0 Å². The number of nitrogens with one attached hydrogen (secondary N) is 3. The Labute approximate surface area is 225 Å². The fourth-order valence-corrected chi connectivity index (χ4v) is 6.38. The number of hydrogen-bond acceptors (Lipinski definition) is 4. The molecular weight excluding hydrogens is 478 g/mol. The summed E-state index contributed by atoms with van der Waals surface area (Å²) in [7, 11) is 0. The minimum absolute atomic E-state index is 0.125. The van der Waals surface area contributed by atoms with Crippen molar-refractivity contribution in [3.63, 3.8) is 0 Å². The topological polar surface area (TPSA) is 70.2 Å². The number of carbonyl (C=O) groups excluding carboxylic acids is 2. The maximum Gasteiger partial charge on any atom is 0.258 e. The van der Waals surface area contributed by atoms with Gasteiger partial charge in [-0.3, -0.25) is 9.59 Å². The number of anilines is 2. The number of benzene rings is 2. The van der Waals surface area contributed by atoms with E-state index < -0.39 is 0 Å². The second-order valence-electron chi connectivity index (χ2n) is 11.2. The van der Waals surface area contributed by atoms with E-state index in [4.69, 9.17) is 0 Å². The molecule has 6 heteroatoms. The quantitative estimate of drug-likeness (QED) is 0.297. The van der Waals surface area contributed by atoms with Crippen molar-refractivity contribution in [3.05, 3.63) is 81.2 Å². The van der Waals surface area contributed by atoms with Crippen LogP contribution in [-0.4, -0.2) is 24.9 Å². The smallest absolute Gasteiger partial charge is 0.258 e. The third kappa shape index (κ3) is 6.88. The average Bonchev–Trinajstić information content (AvgIpc) is 3.20. The molecule has 1 unspecified atom stereocenters. The summed E-state index contributed by atoms with van der Waals surface area (Å²) in [6, 6.07) is 16.2. The van der Waals surface area contributed by atoms with Crippen molar-refractivity contribution in [1.29, 1.82) is 0 Å². The van der Waals surface area contributed by atoms with Crippen molar-refractivity contribution in [2.45, 2.75) is 60.3 Å². The maximum atomic E-state index is 13.6. The van der Waals surface area contributed by atoms with Gasteiger partial charge in [-0.15, -0.1) is 11.3 Å². The maximum absolute atomic E-state index is 13.6. The summed E-state index contributed by atoms with van der Waals surface area (Å²) in [5.41, 5.74) is 6.15. The Morgan fingerprint density at radius 2 is 1.78 bits per heavy atom. The van der Waals surface area contributed by atoms with E-state index in [2.05, 4.69) is 54.9 Å². The van der Waals surface area contributed by atoms with Crippen LogP contribution in [0.15, 0.2) is 48.5 Å². The normalized spacial score (nSPS) is 15.2. The fourth-order valence-electron chi connectivity index (χ4n) is 5.04. The van der Waals surface area contributed by atoms with Gasteiger partial charge in [-0.05, 0) is 80.2 Å². The Hall–Kier alpha value is -2.96. The molecule has 0 radical (unpaired) electrons. The summed E-state index contributed by atoms with van der Waals surface area (Å²) in [5, 5.41) is 10.1. The van der Waals surface area contributed by atoms with Crippen molar-refractivity contribution in [3.8, 4) is 0 Å². The lowest BCUT2D eigenvalue weighted by Crippen LogP contribution is -2.30. The first-order valence-corrected chi connectivity index (χ1v) is 14.0. The van der Waals surface area contributed by atoms with Crippen LogP contribution >= 0.6 is 11.3 Å². The van der Waals surface area contributed by atoms with Gasteiger partial charge in [0.2, 0.25) is 5.91 Å². The highest BCUT2D eigenvalue weighted by atomic mass is 32.1. The van der Waals surface area contributed by atoms with Gasteiger partial charge in [0.25, 0.3) is 5.91 Å². The number of fused-ring (bicyclic) bond motifs is 1. The predicted octanol–water partition coefficient (Wildman–Crippen LogP) is 6.54. The Balaban J connectivity index is 1.50. The lowest BCUT2D eigenvalue weighted by atomic mass is 9.72. The van der Waals surface area contributed by atoms with E-state index in [0.717, 1.165) is 48.1 Å². The van der Waals surface area contributed by atoms with Crippen molar-refractivity contribution in [1.82, 2.24) is 5.32 Å². The van der Waals surface area contributed by atoms with Gasteiger partial charge in [0.05, 0.1) is 12.1 Å². The average molecular weight is 518 g/mol. The van der Waals surface area contributed by atoms with Gasteiger partial charge in [0.15, 0.2) is 0 Å². The largest absolute Gasteiger partial charge is 0.322 e. The Morgan fingerprint density at radius 1 is 1.03 bits per heavy atom. The van der Waals surface area contributed by atoms with Crippen molar-refractivity contribution < 1.29 is 9.59 Å². The highest BCUT2D eigenvalue weighted by Gasteiger charge is 2.34. The zero-order valence-corrected chi connectivity index (χ0v) is 23.5. The number of rotatable bonds is 8. The fraction of sp³-hybridized carbons (Fsp3) is 0.419. The Kier molecular flexibility index (Phi) is 8.50. The summed E-state index contributed by atoms with van der Waals surface area (Å²) in [6.45, 7) is 11.8. The van der Waals surface area contributed by atoms with Crippen LogP contribution in [0.2, 0.25) is 0 Å². The molecule has 2 amide bonds. The summed E-state index contributed by atoms with van der Waals surface area (Å²) < 4.78 is 0. The third-order valence-electron chi connectivity index (χ3n) is 7.32. The van der Waals surface area contributed by atoms with Crippen LogP contribution in [0.1, 0.15) is 64.7 Å². The number of amides is 2. The van der Waals surface area contributed by atoms with E-state index in [0.29, 0.717) is 23.0 Å². The lowest BCUT2D eigenvalue weighted by Gasteiger charge is -2.33. The number of aryl methyl sites for hydroxylation is 2. The van der Waals surface area contributed by atoms with Gasteiger partial charge >= 0.3 is 0 Å². The molecule has 1 heterocycles. The molecule has 0 saturated heterocycles. The molecule has 3 aromatic rings. The molecule has 1 aliphatic rings. The molecule has 1 aromatic heterocycles. The molecule has 196 valence electrons. The summed E-state index contributed by atoms with van der Waals surface area (Å²) in [6.07, 6.45) is 3.71. The first-order chi connectivity index (χ1) is 17.6. The number of carbonyl (C=O) groups is 2. The number of hydrogen-bond donors (Lipinski definition) is 3. The van der Waals surface area contributed by atoms with Crippen LogP contribution in [0, 0.1) is 25.2 Å². The van der Waals surface area contributed by atoms with Crippen LogP contribution in [-0.2, 0) is 24.1 Å². The highest BCUT2D eigenvalue weighted by Crippen LogP contribution is 2.44. The second kappa shape index (κ2) is 11.6. The number of thiophene rings is 1. The van der Waals surface area contributed by atoms with Crippen molar-refractivity contribution >= 4 is 33.8 Å². The van der Waals surface area contributed by atoms with E-state index in [9.17, 15) is 9.59 Å². The molecular formula is C31H39N3O2S. The van der Waals surface area contributed by atoms with E-state index in [-0.39, 0.29) is 23.8 Å². The molecule has 0 fully saturated rings. The van der Waals surface area contributed by atoms with Crippen LogP contribution in [0.25, 0.3) is 0 Å². The molecule has 0 spiro atoms. The molecule has 1 atom stereocenters. The zero-order chi connectivity index (χ0) is 26.6. The van der Waals surface area contributed by atoms with Crippen molar-refractivity contribution in [2.24, 2.45) is 11.3 Å². The molecule has 0 bridgehead atoms. The minimum Gasteiger partial charge on any atom is -0.322 e. The van der Waals surface area contributed by atoms with Gasteiger partial charge in [-0.1, -0.05) is 68.8 Å². The molecule has 37 heavy (non-hydrogen) atoms. The predicted molar refractivity (Wildman–Crippen MR) is 155 cm³/mol. The molecule has 5 nitrogen and oxygen atoms in total. The Morgan fingerprint density at radius 3 is 2.49 bits per heavy atom. The first kappa shape index (κ1) is 27.1. The van der Waals surface area contributed by atoms with E-state index in [1.807, 2.05) is 44.2 Å². The summed E-state index contributed by atoms with van der Waals surface area (Å²) >= 11 is 1.57. The third-order valence-corrected chi connectivity index (χ3v) is 8.49. The molecule has 2 aromatic carbocycles. The van der Waals surface area contributed by atoms with E-state index >= 15 is 0 Å². The molecule has 1 aliphatic carbocycles. The summed E-state index contributed by atoms with van der Waals surface area (Å²) in [5.74, 6) is 0.280. The Bertz CT molecular complexity index is 1260. The van der Waals surface area contributed by atoms with Crippen molar-refractivity contribution in [2.75, 3.05) is 23.7 Å². The first-order valence-electron chi connectivity index (χ1n) is 13.2. The zero-order valence-electron chi connectivity index (χ0n) is 22.7. The lowest BCUT2D eigenvalue weighted by molar-refractivity contribution is -0.115. The monoisotopic (exact) mass is 517 g/mol. The summed E-state index contributed by atoms with van der Waals surface area (Å²) in [4.78, 5) is 27.7. The SMILES string of the molecule is Cc1ccc(NC(=O)c2c(NC(=O)CNCCc3ccccc3)sc3c2CCC(C(C)(C)C)C3)c(C)c1.